The molecule has 2 heterocycles. The average molecular weight is 387 g/mol. The highest BCUT2D eigenvalue weighted by molar-refractivity contribution is 7.94. The van der Waals surface area contributed by atoms with Gasteiger partial charge >= 0.3 is 0 Å². The van der Waals surface area contributed by atoms with Crippen molar-refractivity contribution in [2.75, 3.05) is 28.2 Å². The van der Waals surface area contributed by atoms with Crippen LogP contribution < -0.4 is 9.62 Å². The summed E-state index contributed by atoms with van der Waals surface area (Å²) in [5.74, 6) is 0.386. The molecule has 3 rings (SSSR count). The number of hydrogen-bond acceptors (Lipinski definition) is 6. The van der Waals surface area contributed by atoms with Gasteiger partial charge in [-0.2, -0.15) is 0 Å². The van der Waals surface area contributed by atoms with Crippen molar-refractivity contribution < 1.29 is 16.8 Å². The molecule has 0 bridgehead atoms. The van der Waals surface area contributed by atoms with Gasteiger partial charge in [-0.15, -0.1) is 11.3 Å². The van der Waals surface area contributed by atoms with Crippen LogP contribution in [0.2, 0.25) is 0 Å². The van der Waals surface area contributed by atoms with E-state index >= 15 is 0 Å². The lowest BCUT2D eigenvalue weighted by molar-refractivity contribution is 0.600. The molecule has 0 radical (unpaired) electrons. The second-order valence-electron chi connectivity index (χ2n) is 5.75. The molecule has 0 aliphatic carbocycles. The van der Waals surface area contributed by atoms with Crippen molar-refractivity contribution in [3.05, 3.63) is 41.8 Å². The molecule has 1 unspecified atom stereocenters. The number of sulfonamides is 1. The van der Waals surface area contributed by atoms with Crippen LogP contribution in [0, 0.1) is 0 Å². The lowest BCUT2D eigenvalue weighted by Gasteiger charge is -2.25. The van der Waals surface area contributed by atoms with Gasteiger partial charge in [0.15, 0.2) is 9.84 Å². The van der Waals surface area contributed by atoms with Gasteiger partial charge in [-0.1, -0.05) is 6.07 Å². The van der Waals surface area contributed by atoms with Crippen LogP contribution in [0.15, 0.2) is 46.0 Å². The van der Waals surface area contributed by atoms with Crippen molar-refractivity contribution in [3.63, 3.8) is 0 Å². The molecule has 1 aromatic carbocycles. The van der Waals surface area contributed by atoms with Crippen molar-refractivity contribution in [1.82, 2.24) is 0 Å². The van der Waals surface area contributed by atoms with Crippen LogP contribution in [0.1, 0.15) is 6.42 Å². The van der Waals surface area contributed by atoms with Crippen molar-refractivity contribution in [2.45, 2.75) is 16.7 Å². The fourth-order valence-corrected chi connectivity index (χ4v) is 6.50. The van der Waals surface area contributed by atoms with Gasteiger partial charge in [0.05, 0.1) is 11.5 Å². The van der Waals surface area contributed by atoms with Gasteiger partial charge in [-0.25, -0.2) is 16.8 Å². The minimum Gasteiger partial charge on any atom is -0.371 e. The Bertz CT molecular complexity index is 904. The maximum absolute atomic E-state index is 12.2. The minimum atomic E-state index is -3.56. The van der Waals surface area contributed by atoms with Gasteiger partial charge in [0.25, 0.3) is 10.0 Å². The van der Waals surface area contributed by atoms with E-state index in [9.17, 15) is 16.8 Å². The van der Waals surface area contributed by atoms with Gasteiger partial charge in [0.1, 0.15) is 4.21 Å². The molecular formula is C15H18N2O4S3. The van der Waals surface area contributed by atoms with Crippen LogP contribution in [0.25, 0.3) is 0 Å². The van der Waals surface area contributed by atoms with Crippen molar-refractivity contribution >= 4 is 42.6 Å². The summed E-state index contributed by atoms with van der Waals surface area (Å²) in [5, 5.41) is 1.71. The van der Waals surface area contributed by atoms with E-state index in [-0.39, 0.29) is 21.8 Å². The molecule has 1 aromatic heterocycles. The number of hydrogen-bond donors (Lipinski definition) is 1. The Kier molecular flexibility index (Phi) is 4.58. The van der Waals surface area contributed by atoms with E-state index in [1.807, 2.05) is 11.9 Å². The lowest BCUT2D eigenvalue weighted by Crippen LogP contribution is -2.32. The predicted octanol–water partition coefficient (Wildman–Crippen LogP) is 2.17. The molecule has 9 heteroatoms. The molecule has 0 spiro atoms. The lowest BCUT2D eigenvalue weighted by atomic mass is 10.2. The summed E-state index contributed by atoms with van der Waals surface area (Å²) >= 11 is 1.16. The molecule has 24 heavy (non-hydrogen) atoms. The highest BCUT2D eigenvalue weighted by Gasteiger charge is 2.30. The van der Waals surface area contributed by atoms with E-state index in [4.69, 9.17) is 0 Å². The van der Waals surface area contributed by atoms with E-state index in [1.54, 1.807) is 41.8 Å². The Labute approximate surface area is 146 Å². The first-order chi connectivity index (χ1) is 11.3. The first-order valence-corrected chi connectivity index (χ1v) is 11.5. The number of benzene rings is 1. The fourth-order valence-electron chi connectivity index (χ4n) is 2.68. The Balaban J connectivity index is 1.72. The summed E-state index contributed by atoms with van der Waals surface area (Å²) < 4.78 is 50.4. The zero-order chi connectivity index (χ0) is 17.4. The quantitative estimate of drug-likeness (QED) is 0.851. The van der Waals surface area contributed by atoms with Crippen LogP contribution in [-0.2, 0) is 19.9 Å². The Morgan fingerprint density at radius 3 is 2.46 bits per heavy atom. The second kappa shape index (κ2) is 6.38. The van der Waals surface area contributed by atoms with Gasteiger partial charge in [-0.05, 0) is 42.1 Å². The molecule has 130 valence electrons. The summed E-state index contributed by atoms with van der Waals surface area (Å²) in [6.45, 7) is 0. The van der Waals surface area contributed by atoms with E-state index in [0.717, 1.165) is 17.0 Å². The molecule has 0 saturated carbocycles. The number of rotatable bonds is 5. The van der Waals surface area contributed by atoms with Gasteiger partial charge in [0.2, 0.25) is 0 Å². The van der Waals surface area contributed by atoms with E-state index in [2.05, 4.69) is 4.72 Å². The van der Waals surface area contributed by atoms with Crippen LogP contribution >= 0.6 is 11.3 Å². The van der Waals surface area contributed by atoms with E-state index in [1.165, 1.54) is 0 Å². The zero-order valence-corrected chi connectivity index (χ0v) is 15.5. The summed E-state index contributed by atoms with van der Waals surface area (Å²) in [4.78, 5) is 1.93. The molecule has 0 amide bonds. The van der Waals surface area contributed by atoms with Crippen molar-refractivity contribution in [1.29, 1.82) is 0 Å². The predicted molar refractivity (Wildman–Crippen MR) is 97.0 cm³/mol. The first kappa shape index (κ1) is 17.2. The number of nitrogens with zero attached hydrogens (tertiary/aromatic N) is 1. The smallest absolute Gasteiger partial charge is 0.271 e. The van der Waals surface area contributed by atoms with Crippen molar-refractivity contribution in [3.8, 4) is 0 Å². The topological polar surface area (TPSA) is 83.6 Å². The maximum atomic E-state index is 12.2. The first-order valence-electron chi connectivity index (χ1n) is 7.36. The molecule has 1 N–H and O–H groups in total. The maximum Gasteiger partial charge on any atom is 0.271 e. The molecule has 6 nitrogen and oxygen atoms in total. The summed E-state index contributed by atoms with van der Waals surface area (Å²) in [7, 11) is -4.64. The summed E-state index contributed by atoms with van der Waals surface area (Å²) in [5.41, 5.74) is 1.33. The van der Waals surface area contributed by atoms with Gasteiger partial charge in [-0.3, -0.25) is 4.72 Å². The third kappa shape index (κ3) is 3.73. The summed E-state index contributed by atoms with van der Waals surface area (Å²) in [6.07, 6.45) is 0.617. The number of thiophene rings is 1. The molecule has 1 aliphatic heterocycles. The van der Waals surface area contributed by atoms with Crippen LogP contribution in [0.5, 0.6) is 0 Å². The fraction of sp³-hybridized carbons (Fsp3) is 0.333. The van der Waals surface area contributed by atoms with E-state index in [0.29, 0.717) is 12.1 Å². The van der Waals surface area contributed by atoms with Crippen molar-refractivity contribution in [2.24, 2.45) is 0 Å². The number of anilines is 2. The zero-order valence-electron chi connectivity index (χ0n) is 13.0. The largest absolute Gasteiger partial charge is 0.371 e. The average Bonchev–Trinajstić information content (AvgIpc) is 3.17. The third-order valence-electron chi connectivity index (χ3n) is 4.04. The summed E-state index contributed by atoms with van der Waals surface area (Å²) in [6, 6.07) is 10.1. The standard InChI is InChI=1S/C15H18N2O4S3/c1-17(14-8-10-23(18,19)11-14)13-6-4-12(5-7-13)16-24(20,21)15-3-2-9-22-15/h2-7,9,14,16H,8,10-11H2,1H3. The molecule has 1 atom stereocenters. The Hall–Kier alpha value is -1.58. The monoisotopic (exact) mass is 386 g/mol. The minimum absolute atomic E-state index is 0.0383. The van der Waals surface area contributed by atoms with Crippen LogP contribution in [0.4, 0.5) is 11.4 Å². The SMILES string of the molecule is CN(c1ccc(NS(=O)(=O)c2cccs2)cc1)C1CCS(=O)(=O)C1. The molecule has 1 saturated heterocycles. The highest BCUT2D eigenvalue weighted by Crippen LogP contribution is 2.25. The number of nitrogens with one attached hydrogen (secondary N) is 1. The number of sulfone groups is 1. The van der Waals surface area contributed by atoms with Crippen LogP contribution in [-0.4, -0.2) is 41.4 Å². The Morgan fingerprint density at radius 2 is 1.92 bits per heavy atom. The molecule has 1 aliphatic rings. The van der Waals surface area contributed by atoms with E-state index < -0.39 is 19.9 Å². The van der Waals surface area contributed by atoms with Crippen LogP contribution in [0.3, 0.4) is 0 Å². The molecule has 2 aromatic rings. The molecule has 1 fully saturated rings. The molecular weight excluding hydrogens is 368 g/mol. The van der Waals surface area contributed by atoms with Gasteiger partial charge < -0.3 is 4.90 Å². The highest BCUT2D eigenvalue weighted by atomic mass is 32.2. The second-order valence-corrected chi connectivity index (χ2v) is 10.8. The third-order valence-corrected chi connectivity index (χ3v) is 8.57. The Morgan fingerprint density at radius 1 is 1.21 bits per heavy atom. The normalized spacial score (nSPS) is 20.0. The van der Waals surface area contributed by atoms with Gasteiger partial charge in [0, 0.05) is 24.5 Å².